The molecule has 0 radical (unpaired) electrons. The molecule has 0 bridgehead atoms. The van der Waals surface area contributed by atoms with Crippen LogP contribution in [0.15, 0.2) is 24.3 Å². The summed E-state index contributed by atoms with van der Waals surface area (Å²) in [5, 5.41) is 3.41. The number of likely N-dealkylation sites (tertiary alicyclic amines) is 1. The predicted molar refractivity (Wildman–Crippen MR) is 77.7 cm³/mol. The van der Waals surface area contributed by atoms with Crippen LogP contribution in [-0.4, -0.2) is 42.9 Å². The molecule has 0 aromatic heterocycles. The molecule has 0 aliphatic carbocycles. The van der Waals surface area contributed by atoms with Crippen molar-refractivity contribution in [2.75, 3.05) is 36.4 Å². The van der Waals surface area contributed by atoms with E-state index >= 15 is 0 Å². The second kappa shape index (κ2) is 5.53. The number of nitrogens with one attached hydrogen (secondary N) is 1. The van der Waals surface area contributed by atoms with E-state index < -0.39 is 0 Å². The van der Waals surface area contributed by atoms with Crippen LogP contribution in [-0.2, 0) is 9.59 Å². The topological polar surface area (TPSA) is 52.7 Å². The Morgan fingerprint density at radius 3 is 2.60 bits per heavy atom. The first-order valence-electron chi connectivity index (χ1n) is 7.17. The van der Waals surface area contributed by atoms with E-state index in [9.17, 15) is 9.59 Å². The average Bonchev–Trinajstić information content (AvgIpc) is 2.67. The van der Waals surface area contributed by atoms with Crippen LogP contribution >= 0.6 is 0 Å². The summed E-state index contributed by atoms with van der Waals surface area (Å²) in [6.07, 6.45) is 1.80. The largest absolute Gasteiger partial charge is 0.383 e. The molecule has 20 heavy (non-hydrogen) atoms. The lowest BCUT2D eigenvalue weighted by Gasteiger charge is -2.26. The Morgan fingerprint density at radius 1 is 1.05 bits per heavy atom. The van der Waals surface area contributed by atoms with Crippen LogP contribution in [0.3, 0.4) is 0 Å². The number of benzene rings is 1. The minimum absolute atomic E-state index is 0.0313. The molecule has 0 unspecified atom stereocenters. The molecule has 5 heteroatoms. The zero-order valence-electron chi connectivity index (χ0n) is 11.5. The molecular formula is C15H19N3O2. The van der Waals surface area contributed by atoms with Gasteiger partial charge in [0.15, 0.2) is 0 Å². The zero-order chi connectivity index (χ0) is 13.9. The first kappa shape index (κ1) is 13.0. The van der Waals surface area contributed by atoms with Crippen molar-refractivity contribution in [3.05, 3.63) is 24.3 Å². The van der Waals surface area contributed by atoms with E-state index in [0.29, 0.717) is 25.9 Å². The summed E-state index contributed by atoms with van der Waals surface area (Å²) in [5.74, 6) is -0.0625. The van der Waals surface area contributed by atoms with Gasteiger partial charge in [-0.1, -0.05) is 12.1 Å². The Kier molecular flexibility index (Phi) is 3.58. The van der Waals surface area contributed by atoms with E-state index in [1.165, 1.54) is 4.90 Å². The molecule has 1 fully saturated rings. The molecule has 0 atom stereocenters. The summed E-state index contributed by atoms with van der Waals surface area (Å²) in [7, 11) is 0. The second-order valence-electron chi connectivity index (χ2n) is 5.22. The van der Waals surface area contributed by atoms with E-state index in [4.69, 9.17) is 0 Å². The average molecular weight is 273 g/mol. The lowest BCUT2D eigenvalue weighted by atomic mass is 10.2. The van der Waals surface area contributed by atoms with E-state index in [2.05, 4.69) is 22.3 Å². The number of anilines is 2. The van der Waals surface area contributed by atoms with Crippen LogP contribution in [0.5, 0.6) is 0 Å². The number of nitrogens with zero attached hydrogens (tertiary/aromatic N) is 2. The third kappa shape index (κ3) is 2.48. The van der Waals surface area contributed by atoms with Gasteiger partial charge in [-0.25, -0.2) is 0 Å². The molecule has 2 heterocycles. The van der Waals surface area contributed by atoms with Crippen molar-refractivity contribution >= 4 is 23.2 Å². The highest BCUT2D eigenvalue weighted by Gasteiger charge is 2.29. The van der Waals surface area contributed by atoms with E-state index in [1.54, 1.807) is 0 Å². The van der Waals surface area contributed by atoms with Crippen LogP contribution in [0.25, 0.3) is 0 Å². The Bertz CT molecular complexity index is 514. The molecule has 5 nitrogen and oxygen atoms in total. The van der Waals surface area contributed by atoms with Gasteiger partial charge in [0.25, 0.3) is 0 Å². The quantitative estimate of drug-likeness (QED) is 0.847. The standard InChI is InChI=1S/C15H19N3O2/c19-14-6-7-15(20)18(14)11-10-17-9-3-8-16-12-4-1-2-5-13(12)17/h1-2,4-5,16H,3,6-11H2. The number of para-hydroxylation sites is 2. The van der Waals surface area contributed by atoms with Gasteiger partial charge in [0.1, 0.15) is 0 Å². The zero-order valence-corrected chi connectivity index (χ0v) is 11.5. The predicted octanol–water partition coefficient (Wildman–Crippen LogP) is 1.46. The smallest absolute Gasteiger partial charge is 0.229 e. The summed E-state index contributed by atoms with van der Waals surface area (Å²) < 4.78 is 0. The summed E-state index contributed by atoms with van der Waals surface area (Å²) in [6, 6.07) is 8.19. The van der Waals surface area contributed by atoms with E-state index in [1.807, 2.05) is 12.1 Å². The van der Waals surface area contributed by atoms with Crippen molar-refractivity contribution in [2.24, 2.45) is 0 Å². The number of fused-ring (bicyclic) bond motifs is 1. The van der Waals surface area contributed by atoms with Crippen molar-refractivity contribution in [3.8, 4) is 0 Å². The highest BCUT2D eigenvalue weighted by atomic mass is 16.2. The van der Waals surface area contributed by atoms with Gasteiger partial charge in [-0.3, -0.25) is 14.5 Å². The van der Waals surface area contributed by atoms with Crippen LogP contribution in [0.4, 0.5) is 11.4 Å². The van der Waals surface area contributed by atoms with Crippen LogP contribution in [0, 0.1) is 0 Å². The van der Waals surface area contributed by atoms with Gasteiger partial charge in [-0.05, 0) is 18.6 Å². The van der Waals surface area contributed by atoms with Crippen LogP contribution in [0.1, 0.15) is 19.3 Å². The number of hydrogen-bond acceptors (Lipinski definition) is 4. The molecule has 2 aliphatic heterocycles. The third-order valence-electron chi connectivity index (χ3n) is 3.91. The Balaban J connectivity index is 1.71. The maximum atomic E-state index is 11.6. The fourth-order valence-electron chi connectivity index (χ4n) is 2.84. The SMILES string of the molecule is O=C1CCC(=O)N1CCN1CCCNc2ccccc21. The van der Waals surface area contributed by atoms with Gasteiger partial charge >= 0.3 is 0 Å². The molecule has 1 aromatic carbocycles. The van der Waals surface area contributed by atoms with Gasteiger partial charge < -0.3 is 10.2 Å². The van der Waals surface area contributed by atoms with Crippen molar-refractivity contribution in [1.29, 1.82) is 0 Å². The first-order valence-corrected chi connectivity index (χ1v) is 7.17. The molecule has 1 aromatic rings. The molecule has 3 rings (SSSR count). The molecule has 1 N–H and O–H groups in total. The Morgan fingerprint density at radius 2 is 1.80 bits per heavy atom. The number of imide groups is 1. The fourth-order valence-corrected chi connectivity index (χ4v) is 2.84. The maximum absolute atomic E-state index is 11.6. The highest BCUT2D eigenvalue weighted by Crippen LogP contribution is 2.27. The van der Waals surface area contributed by atoms with Crippen LogP contribution in [0.2, 0.25) is 0 Å². The van der Waals surface area contributed by atoms with Gasteiger partial charge in [0.05, 0.1) is 11.4 Å². The minimum atomic E-state index is -0.0313. The number of rotatable bonds is 3. The fraction of sp³-hybridized carbons (Fsp3) is 0.467. The maximum Gasteiger partial charge on any atom is 0.229 e. The monoisotopic (exact) mass is 273 g/mol. The van der Waals surface area contributed by atoms with Crippen molar-refractivity contribution in [1.82, 2.24) is 4.90 Å². The number of carbonyl (C=O) groups excluding carboxylic acids is 2. The Labute approximate surface area is 118 Å². The first-order chi connectivity index (χ1) is 9.75. The van der Waals surface area contributed by atoms with Gasteiger partial charge in [-0.2, -0.15) is 0 Å². The molecule has 106 valence electrons. The molecule has 2 aliphatic rings. The van der Waals surface area contributed by atoms with Crippen LogP contribution < -0.4 is 10.2 Å². The van der Waals surface area contributed by atoms with Gasteiger partial charge in [0, 0.05) is 39.0 Å². The van der Waals surface area contributed by atoms with Crippen molar-refractivity contribution < 1.29 is 9.59 Å². The molecule has 2 amide bonds. The van der Waals surface area contributed by atoms with Crippen molar-refractivity contribution in [2.45, 2.75) is 19.3 Å². The molecule has 1 saturated heterocycles. The summed E-state index contributed by atoms with van der Waals surface area (Å²) in [6.45, 7) is 3.09. The van der Waals surface area contributed by atoms with Gasteiger partial charge in [-0.15, -0.1) is 0 Å². The lowest BCUT2D eigenvalue weighted by Crippen LogP contribution is -2.38. The summed E-state index contributed by atoms with van der Waals surface area (Å²) >= 11 is 0. The number of hydrogen-bond donors (Lipinski definition) is 1. The molecule has 0 saturated carbocycles. The highest BCUT2D eigenvalue weighted by molar-refractivity contribution is 6.01. The number of carbonyl (C=O) groups is 2. The summed E-state index contributed by atoms with van der Waals surface area (Å²) in [5.41, 5.74) is 2.29. The number of amides is 2. The van der Waals surface area contributed by atoms with Gasteiger partial charge in [0.2, 0.25) is 11.8 Å². The molecule has 0 spiro atoms. The second-order valence-corrected chi connectivity index (χ2v) is 5.22. The minimum Gasteiger partial charge on any atom is -0.383 e. The normalized spacial score (nSPS) is 18.8. The van der Waals surface area contributed by atoms with Crippen molar-refractivity contribution in [3.63, 3.8) is 0 Å². The summed E-state index contributed by atoms with van der Waals surface area (Å²) in [4.78, 5) is 27.0. The van der Waals surface area contributed by atoms with E-state index in [0.717, 1.165) is 30.9 Å². The third-order valence-corrected chi connectivity index (χ3v) is 3.91. The lowest BCUT2D eigenvalue weighted by molar-refractivity contribution is -0.138. The Hall–Kier alpha value is -2.04. The molecular weight excluding hydrogens is 254 g/mol. The van der Waals surface area contributed by atoms with E-state index in [-0.39, 0.29) is 11.8 Å².